The number of pyridine rings is 1. The van der Waals surface area contributed by atoms with Crippen molar-refractivity contribution in [2.75, 3.05) is 11.4 Å². The first-order valence-corrected chi connectivity index (χ1v) is 9.49. The normalized spacial score (nSPS) is 24.6. The van der Waals surface area contributed by atoms with Crippen molar-refractivity contribution in [2.24, 2.45) is 5.92 Å². The molecule has 0 bridgehead atoms. The van der Waals surface area contributed by atoms with Crippen molar-refractivity contribution >= 4 is 17.6 Å². The summed E-state index contributed by atoms with van der Waals surface area (Å²) in [5.41, 5.74) is 1.30. The molecule has 2 heterocycles. The molecule has 1 atom stereocenters. The van der Waals surface area contributed by atoms with Crippen LogP contribution < -0.4 is 4.90 Å². The molecule has 8 heteroatoms. The van der Waals surface area contributed by atoms with Crippen LogP contribution in [0.3, 0.4) is 0 Å². The Kier molecular flexibility index (Phi) is 5.04. The molecule has 1 aromatic heterocycles. The molecule has 2 amide bonds. The monoisotopic (exact) mass is 401 g/mol. The molecule has 2 aromatic rings. The Labute approximate surface area is 166 Å². The van der Waals surface area contributed by atoms with Crippen LogP contribution in [-0.2, 0) is 16.1 Å². The highest BCUT2D eigenvalue weighted by atomic mass is 19.1. The fraction of sp³-hybridized carbons (Fsp3) is 0.381. The highest BCUT2D eigenvalue weighted by molar-refractivity contribution is 6.06. The van der Waals surface area contributed by atoms with E-state index in [2.05, 4.69) is 4.98 Å². The van der Waals surface area contributed by atoms with Crippen LogP contribution in [0.25, 0.3) is 0 Å². The molecule has 1 saturated heterocycles. The van der Waals surface area contributed by atoms with Crippen LogP contribution >= 0.6 is 0 Å². The molecule has 0 spiro atoms. The number of halogens is 2. The highest BCUT2D eigenvalue weighted by Gasteiger charge is 2.48. The number of rotatable bonds is 4. The first kappa shape index (κ1) is 19.4. The highest BCUT2D eigenvalue weighted by Crippen LogP contribution is 2.37. The number of aliphatic hydroxyl groups excluding tert-OH is 1. The second-order valence-corrected chi connectivity index (χ2v) is 7.72. The topological polar surface area (TPSA) is 73.7 Å². The minimum absolute atomic E-state index is 0.139. The van der Waals surface area contributed by atoms with Crippen molar-refractivity contribution < 1.29 is 23.5 Å². The van der Waals surface area contributed by atoms with E-state index in [1.165, 1.54) is 29.3 Å². The first-order valence-electron chi connectivity index (χ1n) is 9.49. The molecule has 2 aliphatic rings. The first-order chi connectivity index (χ1) is 13.8. The van der Waals surface area contributed by atoms with E-state index in [0.29, 0.717) is 24.0 Å². The molecule has 152 valence electrons. The summed E-state index contributed by atoms with van der Waals surface area (Å²) in [7, 11) is 0. The van der Waals surface area contributed by atoms with E-state index in [4.69, 9.17) is 0 Å². The summed E-state index contributed by atoms with van der Waals surface area (Å²) in [6, 6.07) is 6.16. The van der Waals surface area contributed by atoms with E-state index in [-0.39, 0.29) is 36.5 Å². The van der Waals surface area contributed by atoms with Gasteiger partial charge in [-0.2, -0.15) is 0 Å². The van der Waals surface area contributed by atoms with Gasteiger partial charge in [-0.1, -0.05) is 12.1 Å². The fourth-order valence-electron chi connectivity index (χ4n) is 3.97. The Morgan fingerprint density at radius 1 is 1.17 bits per heavy atom. The minimum Gasteiger partial charge on any atom is -0.393 e. The Balaban J connectivity index is 1.65. The number of carbonyl (C=O) groups is 2. The maximum absolute atomic E-state index is 14.4. The lowest BCUT2D eigenvalue weighted by Crippen LogP contribution is -2.64. The second-order valence-electron chi connectivity index (χ2n) is 7.72. The van der Waals surface area contributed by atoms with Crippen LogP contribution in [0, 0.1) is 24.5 Å². The maximum Gasteiger partial charge on any atom is 0.251 e. The Hall–Kier alpha value is -2.87. The third kappa shape index (κ3) is 3.72. The van der Waals surface area contributed by atoms with E-state index in [9.17, 15) is 23.5 Å². The summed E-state index contributed by atoms with van der Waals surface area (Å²) >= 11 is 0. The molecule has 0 radical (unpaired) electrons. The molecular weight excluding hydrogens is 380 g/mol. The van der Waals surface area contributed by atoms with Gasteiger partial charge in [0.15, 0.2) is 11.6 Å². The summed E-state index contributed by atoms with van der Waals surface area (Å²) in [5.74, 6) is -2.20. The minimum atomic E-state index is -0.827. The van der Waals surface area contributed by atoms with Gasteiger partial charge < -0.3 is 10.0 Å². The number of piperazine rings is 1. The van der Waals surface area contributed by atoms with E-state index < -0.39 is 23.9 Å². The summed E-state index contributed by atoms with van der Waals surface area (Å²) in [6.45, 7) is 1.50. The molecule has 1 aromatic carbocycles. The number of nitrogens with zero attached hydrogens (tertiary/aromatic N) is 3. The molecular formula is C21H21F2N3O3. The van der Waals surface area contributed by atoms with Crippen LogP contribution in [0.4, 0.5) is 14.6 Å². The number of hydrogen-bond donors (Lipinski definition) is 1. The largest absolute Gasteiger partial charge is 0.393 e. The van der Waals surface area contributed by atoms with Gasteiger partial charge in [0.25, 0.3) is 5.91 Å². The molecule has 4 rings (SSSR count). The van der Waals surface area contributed by atoms with Crippen molar-refractivity contribution in [3.63, 3.8) is 0 Å². The molecule has 1 aliphatic heterocycles. The number of benzene rings is 1. The summed E-state index contributed by atoms with van der Waals surface area (Å²) < 4.78 is 27.7. The van der Waals surface area contributed by atoms with Crippen molar-refractivity contribution in [2.45, 2.75) is 38.5 Å². The van der Waals surface area contributed by atoms with Gasteiger partial charge in [0.2, 0.25) is 5.91 Å². The average molecular weight is 401 g/mol. The third-order valence-corrected chi connectivity index (χ3v) is 5.55. The number of carbonyl (C=O) groups excluding carboxylic acids is 2. The maximum atomic E-state index is 14.4. The average Bonchev–Trinajstić information content (AvgIpc) is 2.65. The van der Waals surface area contributed by atoms with Gasteiger partial charge in [0.05, 0.1) is 6.10 Å². The molecule has 2 fully saturated rings. The van der Waals surface area contributed by atoms with Crippen molar-refractivity contribution in [1.82, 2.24) is 9.88 Å². The zero-order valence-electron chi connectivity index (χ0n) is 15.9. The second kappa shape index (κ2) is 7.51. The predicted molar refractivity (Wildman–Crippen MR) is 101 cm³/mol. The number of aromatic nitrogens is 1. The molecule has 6 nitrogen and oxygen atoms in total. The van der Waals surface area contributed by atoms with Gasteiger partial charge >= 0.3 is 0 Å². The van der Waals surface area contributed by atoms with Crippen LogP contribution in [0.1, 0.15) is 24.0 Å². The van der Waals surface area contributed by atoms with Crippen LogP contribution in [0.5, 0.6) is 0 Å². The standard InChI is InChI=1S/C21H21F2N3O3/c1-12-6-17(23)20(24-9-12)26-11-18(28)25(10-13-2-4-15(22)5-3-13)19(21(26)29)14-7-16(27)8-14/h2-6,9,14,16,19,27H,7-8,10-11H2,1H3/t14?,16?,19-/m1/s1. The van der Waals surface area contributed by atoms with Crippen molar-refractivity contribution in [1.29, 1.82) is 0 Å². The van der Waals surface area contributed by atoms with Gasteiger partial charge in [0, 0.05) is 12.7 Å². The zero-order chi connectivity index (χ0) is 20.7. The van der Waals surface area contributed by atoms with E-state index >= 15 is 0 Å². The number of amides is 2. The Morgan fingerprint density at radius 2 is 1.86 bits per heavy atom. The number of anilines is 1. The lowest BCUT2D eigenvalue weighted by molar-refractivity contribution is -0.149. The molecule has 0 unspecified atom stereocenters. The smallest absolute Gasteiger partial charge is 0.251 e. The van der Waals surface area contributed by atoms with E-state index in [0.717, 1.165) is 4.90 Å². The molecule has 1 aliphatic carbocycles. The summed E-state index contributed by atoms with van der Waals surface area (Å²) in [5, 5.41) is 9.72. The van der Waals surface area contributed by atoms with Crippen LogP contribution in [-0.4, -0.2) is 45.5 Å². The molecule has 29 heavy (non-hydrogen) atoms. The number of aryl methyl sites for hydroxylation is 1. The number of aliphatic hydroxyl groups is 1. The Bertz CT molecular complexity index is 945. The quantitative estimate of drug-likeness (QED) is 0.852. The SMILES string of the molecule is Cc1cnc(N2CC(=O)N(Cc3ccc(F)cc3)[C@H](C3CC(O)C3)C2=O)c(F)c1. The molecule has 1 N–H and O–H groups in total. The van der Waals surface area contributed by atoms with E-state index in [1.807, 2.05) is 0 Å². The number of hydrogen-bond acceptors (Lipinski definition) is 4. The lowest BCUT2D eigenvalue weighted by atomic mass is 9.75. The summed E-state index contributed by atoms with van der Waals surface area (Å²) in [4.78, 5) is 32.8. The lowest BCUT2D eigenvalue weighted by Gasteiger charge is -2.47. The van der Waals surface area contributed by atoms with Gasteiger partial charge in [-0.25, -0.2) is 13.8 Å². The van der Waals surface area contributed by atoms with E-state index in [1.54, 1.807) is 19.1 Å². The van der Waals surface area contributed by atoms with Gasteiger partial charge in [-0.3, -0.25) is 14.5 Å². The predicted octanol–water partition coefficient (Wildman–Crippen LogP) is 2.18. The fourth-order valence-corrected chi connectivity index (χ4v) is 3.97. The summed E-state index contributed by atoms with van der Waals surface area (Å²) in [6.07, 6.45) is 1.71. The van der Waals surface area contributed by atoms with Crippen LogP contribution in [0.2, 0.25) is 0 Å². The van der Waals surface area contributed by atoms with Gasteiger partial charge in [0.1, 0.15) is 18.4 Å². The zero-order valence-corrected chi connectivity index (χ0v) is 15.9. The molecule has 1 saturated carbocycles. The van der Waals surface area contributed by atoms with Crippen molar-refractivity contribution in [3.8, 4) is 0 Å². The Morgan fingerprint density at radius 3 is 2.48 bits per heavy atom. The van der Waals surface area contributed by atoms with Gasteiger partial charge in [-0.15, -0.1) is 0 Å². The van der Waals surface area contributed by atoms with Crippen molar-refractivity contribution in [3.05, 3.63) is 59.3 Å². The van der Waals surface area contributed by atoms with Crippen LogP contribution in [0.15, 0.2) is 36.5 Å². The van der Waals surface area contributed by atoms with Gasteiger partial charge in [-0.05, 0) is 55.0 Å². The third-order valence-electron chi connectivity index (χ3n) is 5.55.